The summed E-state index contributed by atoms with van der Waals surface area (Å²) in [4.78, 5) is 0. The summed E-state index contributed by atoms with van der Waals surface area (Å²) >= 11 is 0. The van der Waals surface area contributed by atoms with Gasteiger partial charge in [0.1, 0.15) is 16.5 Å². The summed E-state index contributed by atoms with van der Waals surface area (Å²) in [7, 11) is 0. The molecular formula is C14H13O3P. The van der Waals surface area contributed by atoms with E-state index in [1.54, 1.807) is 18.8 Å². The molecule has 0 radical (unpaired) electrons. The highest BCUT2D eigenvalue weighted by molar-refractivity contribution is 7.93. The second-order valence-corrected chi connectivity index (χ2v) is 7.12. The Morgan fingerprint density at radius 1 is 0.778 bits per heavy atom. The Labute approximate surface area is 105 Å². The van der Waals surface area contributed by atoms with E-state index in [9.17, 15) is 0 Å². The molecule has 0 fully saturated rings. The molecule has 0 aliphatic heterocycles. The van der Waals surface area contributed by atoms with Gasteiger partial charge in [-0.05, 0) is 43.3 Å². The zero-order chi connectivity index (χ0) is 12.4. The van der Waals surface area contributed by atoms with Gasteiger partial charge in [0, 0.05) is 0 Å². The number of rotatable bonds is 3. The van der Waals surface area contributed by atoms with Crippen LogP contribution >= 0.6 is 6.89 Å². The molecule has 0 aliphatic rings. The van der Waals surface area contributed by atoms with Gasteiger partial charge in [-0.15, -0.1) is 0 Å². The molecule has 0 bridgehead atoms. The molecule has 0 aliphatic carbocycles. The van der Waals surface area contributed by atoms with Crippen LogP contribution in [0.4, 0.5) is 0 Å². The number of hydrogen-bond acceptors (Lipinski definition) is 3. The fourth-order valence-corrected chi connectivity index (χ4v) is 5.18. The lowest BCUT2D eigenvalue weighted by Crippen LogP contribution is -2.24. The average Bonchev–Trinajstić information content (AvgIpc) is 3.16. The summed E-state index contributed by atoms with van der Waals surface area (Å²) in [6.07, 6.45) is 5.04. The molecule has 3 aromatic heterocycles. The van der Waals surface area contributed by atoms with Crippen LogP contribution in [0.25, 0.3) is 0 Å². The van der Waals surface area contributed by atoms with Crippen molar-refractivity contribution in [3.05, 3.63) is 55.2 Å². The van der Waals surface area contributed by atoms with Gasteiger partial charge in [-0.1, -0.05) is 5.80 Å². The largest absolute Gasteiger partial charge is 0.464 e. The first-order valence-electron chi connectivity index (χ1n) is 5.69. The average molecular weight is 260 g/mol. The topological polar surface area (TPSA) is 39.4 Å². The maximum Gasteiger partial charge on any atom is 0.139 e. The van der Waals surface area contributed by atoms with Gasteiger partial charge < -0.3 is 13.3 Å². The highest BCUT2D eigenvalue weighted by Gasteiger charge is 2.31. The Hall–Kier alpha value is -1.86. The lowest BCUT2D eigenvalue weighted by Gasteiger charge is -2.18. The van der Waals surface area contributed by atoms with Crippen LogP contribution < -0.4 is 16.5 Å². The normalized spacial score (nSPS) is 11.6. The van der Waals surface area contributed by atoms with Crippen molar-refractivity contribution >= 4 is 29.2 Å². The van der Waals surface area contributed by atoms with Crippen molar-refractivity contribution in [1.29, 1.82) is 0 Å². The molecule has 18 heavy (non-hydrogen) atoms. The van der Waals surface area contributed by atoms with Crippen LogP contribution in [0, 0.1) is 0 Å². The quantitative estimate of drug-likeness (QED) is 0.679. The first-order valence-corrected chi connectivity index (χ1v) is 7.55. The lowest BCUT2D eigenvalue weighted by molar-refractivity contribution is 0.584. The Bertz CT molecular complexity index is 555. The minimum absolute atomic E-state index is 0.884. The molecule has 0 spiro atoms. The molecule has 3 heterocycles. The van der Waals surface area contributed by atoms with E-state index in [-0.39, 0.29) is 0 Å². The van der Waals surface area contributed by atoms with Gasteiger partial charge in [0.15, 0.2) is 0 Å². The molecule has 0 saturated carbocycles. The molecule has 92 valence electrons. The molecule has 0 amide bonds. The summed E-state index contributed by atoms with van der Waals surface area (Å²) < 4.78 is 16.9. The van der Waals surface area contributed by atoms with Gasteiger partial charge in [0.2, 0.25) is 0 Å². The first kappa shape index (κ1) is 11.2. The van der Waals surface area contributed by atoms with Gasteiger partial charge in [0.05, 0.1) is 25.7 Å². The van der Waals surface area contributed by atoms with Crippen molar-refractivity contribution in [3.63, 3.8) is 0 Å². The third-order valence-corrected chi connectivity index (χ3v) is 6.57. The molecule has 3 nitrogen and oxygen atoms in total. The summed E-state index contributed by atoms with van der Waals surface area (Å²) in [6.45, 7) is -0.000602. The van der Waals surface area contributed by atoms with E-state index >= 15 is 0 Å². The minimum atomic E-state index is -2.02. The van der Waals surface area contributed by atoms with E-state index in [4.69, 9.17) is 13.3 Å². The van der Waals surface area contributed by atoms with Crippen molar-refractivity contribution in [2.24, 2.45) is 0 Å². The molecule has 0 unspecified atom stereocenters. The highest BCUT2D eigenvalue weighted by atomic mass is 31.2. The van der Waals surface area contributed by atoms with Crippen LogP contribution in [0.2, 0.25) is 0 Å². The minimum Gasteiger partial charge on any atom is -0.464 e. The van der Waals surface area contributed by atoms with Gasteiger partial charge in [0.25, 0.3) is 0 Å². The van der Waals surface area contributed by atoms with Crippen molar-refractivity contribution < 1.29 is 13.3 Å². The molecule has 3 rings (SSSR count). The van der Waals surface area contributed by atoms with Crippen LogP contribution in [0.3, 0.4) is 0 Å². The van der Waals surface area contributed by atoms with Crippen molar-refractivity contribution in [2.45, 2.75) is 6.92 Å². The van der Waals surface area contributed by atoms with Crippen LogP contribution in [-0.2, 0) is 0 Å². The zero-order valence-corrected chi connectivity index (χ0v) is 10.8. The summed E-state index contributed by atoms with van der Waals surface area (Å²) in [5.41, 5.74) is 2.65. The maximum atomic E-state index is 5.64. The predicted octanol–water partition coefficient (Wildman–Crippen LogP) is 2.58. The number of furan rings is 3. The Morgan fingerprint density at radius 3 is 1.39 bits per heavy atom. The number of hydrogen-bond donors (Lipinski definition) is 0. The molecule has 0 N–H and O–H groups in total. The van der Waals surface area contributed by atoms with E-state index < -0.39 is 6.89 Å². The van der Waals surface area contributed by atoms with Crippen molar-refractivity contribution in [3.8, 4) is 0 Å². The second kappa shape index (κ2) is 4.43. The fourth-order valence-electron chi connectivity index (χ4n) is 2.12. The van der Waals surface area contributed by atoms with E-state index in [1.807, 2.05) is 43.3 Å². The van der Waals surface area contributed by atoms with Crippen LogP contribution in [0.1, 0.15) is 6.92 Å². The highest BCUT2D eigenvalue weighted by Crippen LogP contribution is 2.43. The van der Waals surface area contributed by atoms with E-state index in [0.717, 1.165) is 16.5 Å². The van der Waals surface area contributed by atoms with Crippen LogP contribution in [0.5, 0.6) is 0 Å². The van der Waals surface area contributed by atoms with E-state index in [1.165, 1.54) is 0 Å². The lowest BCUT2D eigenvalue weighted by atomic mass is 10.7. The molecular weight excluding hydrogens is 247 g/mol. The summed E-state index contributed by atoms with van der Waals surface area (Å²) in [6, 6.07) is 11.6. The molecule has 0 aromatic carbocycles. The Kier molecular flexibility index (Phi) is 2.77. The van der Waals surface area contributed by atoms with Crippen LogP contribution in [0.15, 0.2) is 68.4 Å². The van der Waals surface area contributed by atoms with Gasteiger partial charge in [-0.2, -0.15) is 0 Å². The second-order valence-electron chi connectivity index (χ2n) is 3.83. The zero-order valence-electron chi connectivity index (χ0n) is 9.95. The standard InChI is InChI=1S/C14H13O3P/c1-2-18(12-6-3-9-15-12,13-7-4-10-16-13)14-8-5-11-17-14/h2-11H,1H3. The summed E-state index contributed by atoms with van der Waals surface area (Å²) in [5.74, 6) is 2.13. The van der Waals surface area contributed by atoms with E-state index in [2.05, 4.69) is 5.80 Å². The van der Waals surface area contributed by atoms with Gasteiger partial charge >= 0.3 is 0 Å². The maximum absolute atomic E-state index is 5.64. The predicted molar refractivity (Wildman–Crippen MR) is 73.7 cm³/mol. The molecule has 4 heteroatoms. The fraction of sp³-hybridized carbons (Fsp3) is 0.0714. The van der Waals surface area contributed by atoms with Gasteiger partial charge in [-0.25, -0.2) is 0 Å². The Balaban J connectivity index is 2.34. The monoisotopic (exact) mass is 260 g/mol. The van der Waals surface area contributed by atoms with Crippen molar-refractivity contribution in [2.75, 3.05) is 0 Å². The molecule has 3 aromatic rings. The first-order chi connectivity index (χ1) is 8.88. The summed E-state index contributed by atoms with van der Waals surface area (Å²) in [5, 5.41) is 0. The molecule has 0 saturated heterocycles. The smallest absolute Gasteiger partial charge is 0.139 e. The van der Waals surface area contributed by atoms with E-state index in [0.29, 0.717) is 0 Å². The Morgan fingerprint density at radius 2 is 1.17 bits per heavy atom. The third-order valence-electron chi connectivity index (χ3n) is 2.95. The molecule has 0 atom stereocenters. The van der Waals surface area contributed by atoms with Crippen molar-refractivity contribution in [1.82, 2.24) is 0 Å². The van der Waals surface area contributed by atoms with Crippen LogP contribution in [-0.4, -0.2) is 5.80 Å². The SMILES string of the molecule is CC=P(c1ccco1)(c1ccco1)c1ccco1. The third kappa shape index (κ3) is 1.52. The van der Waals surface area contributed by atoms with Gasteiger partial charge in [-0.3, -0.25) is 0 Å².